The predicted molar refractivity (Wildman–Crippen MR) is 73.7 cm³/mol. The predicted octanol–water partition coefficient (Wildman–Crippen LogP) is 1.21. The lowest BCUT2D eigenvalue weighted by Gasteiger charge is -2.09. The molecule has 0 saturated heterocycles. The van der Waals surface area contributed by atoms with Gasteiger partial charge < -0.3 is 5.32 Å². The van der Waals surface area contributed by atoms with Gasteiger partial charge in [-0.2, -0.15) is 10.2 Å². The highest BCUT2D eigenvalue weighted by Crippen LogP contribution is 2.09. The molecule has 0 bridgehead atoms. The zero-order valence-corrected chi connectivity index (χ0v) is 12.1. The first-order valence-electron chi connectivity index (χ1n) is 6.64. The van der Waals surface area contributed by atoms with Crippen LogP contribution < -0.4 is 5.32 Å². The average Bonchev–Trinajstić information content (AvgIpc) is 2.91. The maximum atomic E-state index is 4.43. The highest BCUT2D eigenvalue weighted by Gasteiger charge is 2.10. The van der Waals surface area contributed by atoms with Crippen molar-refractivity contribution in [1.29, 1.82) is 0 Å². The summed E-state index contributed by atoms with van der Waals surface area (Å²) >= 11 is 0. The Hall–Kier alpha value is -1.69. The molecule has 6 nitrogen and oxygen atoms in total. The Bertz CT molecular complexity index is 525. The molecular formula is C13H22N6. The van der Waals surface area contributed by atoms with Gasteiger partial charge in [-0.15, -0.1) is 0 Å². The average molecular weight is 262 g/mol. The van der Waals surface area contributed by atoms with Crippen molar-refractivity contribution in [1.82, 2.24) is 29.9 Å². The van der Waals surface area contributed by atoms with Gasteiger partial charge in [0, 0.05) is 24.3 Å². The molecule has 0 radical (unpaired) electrons. The van der Waals surface area contributed by atoms with Gasteiger partial charge in [-0.25, -0.2) is 9.67 Å². The van der Waals surface area contributed by atoms with Gasteiger partial charge in [-0.3, -0.25) is 4.68 Å². The molecule has 0 aromatic carbocycles. The number of nitrogens with one attached hydrogen (secondary N) is 1. The van der Waals surface area contributed by atoms with Gasteiger partial charge in [0.2, 0.25) is 0 Å². The Labute approximate surface area is 113 Å². The van der Waals surface area contributed by atoms with Crippen LogP contribution >= 0.6 is 0 Å². The molecule has 0 fully saturated rings. The second-order valence-corrected chi connectivity index (χ2v) is 5.20. The smallest absolute Gasteiger partial charge is 0.148 e. The van der Waals surface area contributed by atoms with Crippen molar-refractivity contribution in [2.75, 3.05) is 7.05 Å². The normalized spacial score (nSPS) is 11.4. The number of nitrogens with zero attached hydrogens (tertiary/aromatic N) is 5. The van der Waals surface area contributed by atoms with Gasteiger partial charge in [0.15, 0.2) is 0 Å². The molecule has 0 saturated carbocycles. The van der Waals surface area contributed by atoms with E-state index in [9.17, 15) is 0 Å². The molecule has 0 aliphatic rings. The number of hydrogen-bond donors (Lipinski definition) is 1. The zero-order valence-electron chi connectivity index (χ0n) is 12.1. The third kappa shape index (κ3) is 3.20. The third-order valence-corrected chi connectivity index (χ3v) is 3.10. The summed E-state index contributed by atoms with van der Waals surface area (Å²) in [5, 5.41) is 11.9. The van der Waals surface area contributed by atoms with Crippen molar-refractivity contribution in [2.45, 2.75) is 40.4 Å². The lowest BCUT2D eigenvalue weighted by atomic mass is 10.2. The Morgan fingerprint density at radius 1 is 1.26 bits per heavy atom. The molecule has 0 spiro atoms. The Balaban J connectivity index is 2.15. The van der Waals surface area contributed by atoms with Crippen molar-refractivity contribution in [3.63, 3.8) is 0 Å². The quantitative estimate of drug-likeness (QED) is 0.850. The fourth-order valence-electron chi connectivity index (χ4n) is 2.05. The van der Waals surface area contributed by atoms with E-state index < -0.39 is 0 Å². The number of aromatic nitrogens is 5. The van der Waals surface area contributed by atoms with Crippen LogP contribution in [-0.4, -0.2) is 31.6 Å². The molecule has 0 atom stereocenters. The lowest BCUT2D eigenvalue weighted by molar-refractivity contribution is 0.455. The van der Waals surface area contributed by atoms with E-state index in [4.69, 9.17) is 0 Å². The molecule has 0 aliphatic heterocycles. The van der Waals surface area contributed by atoms with Crippen LogP contribution in [0.5, 0.6) is 0 Å². The summed E-state index contributed by atoms with van der Waals surface area (Å²) < 4.78 is 3.94. The SMILES string of the molecule is CNCc1cnn(Cc2ncnn2CC(C)C)c1C. The van der Waals surface area contributed by atoms with E-state index in [2.05, 4.69) is 41.3 Å². The first-order valence-corrected chi connectivity index (χ1v) is 6.64. The van der Waals surface area contributed by atoms with E-state index >= 15 is 0 Å². The van der Waals surface area contributed by atoms with Crippen LogP contribution in [0.3, 0.4) is 0 Å². The van der Waals surface area contributed by atoms with Gasteiger partial charge in [0.25, 0.3) is 0 Å². The van der Waals surface area contributed by atoms with E-state index in [1.807, 2.05) is 22.6 Å². The van der Waals surface area contributed by atoms with Crippen LogP contribution in [0.15, 0.2) is 12.5 Å². The Kier molecular flexibility index (Phi) is 4.31. The molecule has 19 heavy (non-hydrogen) atoms. The molecule has 2 rings (SSSR count). The van der Waals surface area contributed by atoms with E-state index in [1.54, 1.807) is 6.33 Å². The minimum Gasteiger partial charge on any atom is -0.316 e. The minimum absolute atomic E-state index is 0.555. The third-order valence-electron chi connectivity index (χ3n) is 3.10. The lowest BCUT2D eigenvalue weighted by Crippen LogP contribution is -2.15. The number of rotatable bonds is 6. The van der Waals surface area contributed by atoms with E-state index in [0.717, 1.165) is 18.9 Å². The molecule has 2 heterocycles. The van der Waals surface area contributed by atoms with Gasteiger partial charge >= 0.3 is 0 Å². The highest BCUT2D eigenvalue weighted by atomic mass is 15.4. The van der Waals surface area contributed by atoms with Crippen LogP contribution in [-0.2, 0) is 19.6 Å². The first kappa shape index (κ1) is 13.7. The molecule has 0 amide bonds. The molecule has 104 valence electrons. The molecule has 0 unspecified atom stereocenters. The monoisotopic (exact) mass is 262 g/mol. The molecular weight excluding hydrogens is 240 g/mol. The topological polar surface area (TPSA) is 60.6 Å². The molecule has 2 aromatic rings. The molecule has 1 N–H and O–H groups in total. The van der Waals surface area contributed by atoms with Crippen molar-refractivity contribution in [3.8, 4) is 0 Å². The standard InChI is InChI=1S/C13H22N6/c1-10(2)7-19-13(15-9-17-19)8-18-11(3)12(5-14-4)6-16-18/h6,9-10,14H,5,7-8H2,1-4H3. The summed E-state index contributed by atoms with van der Waals surface area (Å²) in [6.45, 7) is 8.83. The van der Waals surface area contributed by atoms with Crippen LogP contribution in [0.4, 0.5) is 0 Å². The molecule has 0 aliphatic carbocycles. The maximum absolute atomic E-state index is 4.43. The van der Waals surface area contributed by atoms with Crippen LogP contribution in [0, 0.1) is 12.8 Å². The van der Waals surface area contributed by atoms with Crippen molar-refractivity contribution in [3.05, 3.63) is 29.6 Å². The van der Waals surface area contributed by atoms with Crippen molar-refractivity contribution < 1.29 is 0 Å². The second kappa shape index (κ2) is 5.97. The van der Waals surface area contributed by atoms with Crippen LogP contribution in [0.2, 0.25) is 0 Å². The van der Waals surface area contributed by atoms with Crippen molar-refractivity contribution in [2.24, 2.45) is 5.92 Å². The summed E-state index contributed by atoms with van der Waals surface area (Å²) in [5.74, 6) is 1.51. The molecule has 6 heteroatoms. The fraction of sp³-hybridized carbons (Fsp3) is 0.615. The largest absolute Gasteiger partial charge is 0.316 e. The van der Waals surface area contributed by atoms with Gasteiger partial charge in [-0.1, -0.05) is 13.8 Å². The summed E-state index contributed by atoms with van der Waals surface area (Å²) in [6, 6.07) is 0. The van der Waals surface area contributed by atoms with Gasteiger partial charge in [0.05, 0.1) is 6.20 Å². The zero-order chi connectivity index (χ0) is 13.8. The van der Waals surface area contributed by atoms with Gasteiger partial charge in [0.1, 0.15) is 18.7 Å². The van der Waals surface area contributed by atoms with Gasteiger partial charge in [-0.05, 0) is 19.9 Å². The van der Waals surface area contributed by atoms with E-state index in [-0.39, 0.29) is 0 Å². The molecule has 2 aromatic heterocycles. The Morgan fingerprint density at radius 3 is 2.74 bits per heavy atom. The highest BCUT2D eigenvalue weighted by molar-refractivity contribution is 5.16. The van der Waals surface area contributed by atoms with Crippen LogP contribution in [0.25, 0.3) is 0 Å². The van der Waals surface area contributed by atoms with E-state index in [0.29, 0.717) is 12.5 Å². The van der Waals surface area contributed by atoms with E-state index in [1.165, 1.54) is 11.3 Å². The van der Waals surface area contributed by atoms with Crippen LogP contribution in [0.1, 0.15) is 30.9 Å². The number of hydrogen-bond acceptors (Lipinski definition) is 4. The summed E-state index contributed by atoms with van der Waals surface area (Å²) in [7, 11) is 1.94. The van der Waals surface area contributed by atoms with Crippen molar-refractivity contribution >= 4 is 0 Å². The second-order valence-electron chi connectivity index (χ2n) is 5.20. The minimum atomic E-state index is 0.555. The first-order chi connectivity index (χ1) is 9.11. The Morgan fingerprint density at radius 2 is 2.05 bits per heavy atom. The maximum Gasteiger partial charge on any atom is 0.148 e. The summed E-state index contributed by atoms with van der Waals surface area (Å²) in [6.07, 6.45) is 3.53. The summed E-state index contributed by atoms with van der Waals surface area (Å²) in [4.78, 5) is 4.34. The summed E-state index contributed by atoms with van der Waals surface area (Å²) in [5.41, 5.74) is 2.39. The fourth-order valence-corrected chi connectivity index (χ4v) is 2.05.